The summed E-state index contributed by atoms with van der Waals surface area (Å²) in [6.45, 7) is 8.99. The Morgan fingerprint density at radius 2 is 2.07 bits per heavy atom. The van der Waals surface area contributed by atoms with Gasteiger partial charge in [-0.2, -0.15) is 0 Å². The van der Waals surface area contributed by atoms with Crippen molar-refractivity contribution in [1.29, 1.82) is 0 Å². The van der Waals surface area contributed by atoms with Crippen molar-refractivity contribution in [3.63, 3.8) is 0 Å². The molecule has 2 aromatic rings. The lowest BCUT2D eigenvalue weighted by atomic mass is 9.90. The van der Waals surface area contributed by atoms with Crippen molar-refractivity contribution in [2.24, 2.45) is 0 Å². The molecule has 1 aliphatic heterocycles. The smallest absolute Gasteiger partial charge is 0.243 e. The van der Waals surface area contributed by atoms with Gasteiger partial charge in [0.2, 0.25) is 11.8 Å². The van der Waals surface area contributed by atoms with E-state index in [1.807, 2.05) is 24.0 Å². The van der Waals surface area contributed by atoms with E-state index in [1.54, 1.807) is 22.3 Å². The lowest BCUT2D eigenvalue weighted by molar-refractivity contribution is -0.141. The van der Waals surface area contributed by atoms with Gasteiger partial charge in [-0.1, -0.05) is 37.3 Å². The lowest BCUT2D eigenvalue weighted by Gasteiger charge is -2.38. The predicted molar refractivity (Wildman–Crippen MR) is 114 cm³/mol. The van der Waals surface area contributed by atoms with Crippen molar-refractivity contribution in [2.75, 3.05) is 19.6 Å². The van der Waals surface area contributed by atoms with E-state index in [2.05, 4.69) is 37.1 Å². The standard InChI is InChI=1S/C23H28N2O2S/c1-4-8-21(26)24(13-5-2)16-22(27)25-14-11-20-19(12-15-28-20)23(25)18-10-7-6-9-17(18)3/h5-7,9-10,12,15,23H,2,4,8,11,13-14,16H2,1,3H3. The molecule has 1 atom stereocenters. The number of rotatable bonds is 7. The molecule has 1 aromatic carbocycles. The molecule has 0 fully saturated rings. The summed E-state index contributed by atoms with van der Waals surface area (Å²) in [6.07, 6.45) is 3.78. The monoisotopic (exact) mass is 396 g/mol. The number of aryl methyl sites for hydroxylation is 1. The number of benzene rings is 1. The Labute approximate surface area is 171 Å². The average Bonchev–Trinajstić information content (AvgIpc) is 3.16. The average molecular weight is 397 g/mol. The Balaban J connectivity index is 1.90. The van der Waals surface area contributed by atoms with Gasteiger partial charge >= 0.3 is 0 Å². The van der Waals surface area contributed by atoms with Crippen LogP contribution in [0.25, 0.3) is 0 Å². The summed E-state index contributed by atoms with van der Waals surface area (Å²) in [5.41, 5.74) is 3.55. The third kappa shape index (κ3) is 4.20. The van der Waals surface area contributed by atoms with Crippen molar-refractivity contribution in [3.05, 3.63) is 69.9 Å². The van der Waals surface area contributed by atoms with Crippen LogP contribution in [0.5, 0.6) is 0 Å². The molecule has 0 aliphatic carbocycles. The van der Waals surface area contributed by atoms with Crippen LogP contribution in [0.3, 0.4) is 0 Å². The van der Waals surface area contributed by atoms with Crippen LogP contribution in [0.1, 0.15) is 47.4 Å². The first kappa shape index (κ1) is 20.3. The third-order valence-corrected chi connectivity index (χ3v) is 6.26. The Morgan fingerprint density at radius 3 is 2.79 bits per heavy atom. The van der Waals surface area contributed by atoms with Crippen LogP contribution >= 0.6 is 11.3 Å². The maximum atomic E-state index is 13.3. The fourth-order valence-electron chi connectivity index (χ4n) is 3.85. The summed E-state index contributed by atoms with van der Waals surface area (Å²) in [7, 11) is 0. The van der Waals surface area contributed by atoms with Crippen molar-refractivity contribution in [1.82, 2.24) is 9.80 Å². The minimum Gasteiger partial charge on any atom is -0.330 e. The third-order valence-electron chi connectivity index (χ3n) is 5.26. The molecule has 1 aliphatic rings. The number of hydrogen-bond acceptors (Lipinski definition) is 3. The minimum atomic E-state index is -0.0874. The van der Waals surface area contributed by atoms with Gasteiger partial charge < -0.3 is 9.80 Å². The van der Waals surface area contributed by atoms with Gasteiger partial charge in [0.05, 0.1) is 6.04 Å². The van der Waals surface area contributed by atoms with Gasteiger partial charge in [0.1, 0.15) is 6.54 Å². The highest BCUT2D eigenvalue weighted by Gasteiger charge is 2.34. The molecule has 1 aromatic heterocycles. The molecule has 5 heteroatoms. The molecule has 28 heavy (non-hydrogen) atoms. The number of carbonyl (C=O) groups excluding carboxylic acids is 2. The molecule has 0 saturated heterocycles. The summed E-state index contributed by atoms with van der Waals surface area (Å²) >= 11 is 1.76. The fourth-order valence-corrected chi connectivity index (χ4v) is 4.75. The van der Waals surface area contributed by atoms with Crippen molar-refractivity contribution in [3.8, 4) is 0 Å². The molecule has 0 saturated carbocycles. The SMILES string of the molecule is C=CCN(CC(=O)N1CCc2sccc2C1c1ccccc1C)C(=O)CCC. The highest BCUT2D eigenvalue weighted by molar-refractivity contribution is 7.10. The van der Waals surface area contributed by atoms with E-state index in [0.29, 0.717) is 19.5 Å². The summed E-state index contributed by atoms with van der Waals surface area (Å²) in [4.78, 5) is 30.7. The van der Waals surface area contributed by atoms with Crippen molar-refractivity contribution >= 4 is 23.2 Å². The van der Waals surface area contributed by atoms with E-state index < -0.39 is 0 Å². The quantitative estimate of drug-likeness (QED) is 0.653. The number of fused-ring (bicyclic) bond motifs is 1. The molecule has 148 valence electrons. The molecule has 1 unspecified atom stereocenters. The molecule has 3 rings (SSSR count). The van der Waals surface area contributed by atoms with E-state index >= 15 is 0 Å². The summed E-state index contributed by atoms with van der Waals surface area (Å²) in [5.74, 6) is 0.00725. The second-order valence-corrected chi connectivity index (χ2v) is 8.21. The Hall–Kier alpha value is -2.40. The van der Waals surface area contributed by atoms with E-state index in [9.17, 15) is 9.59 Å². The highest BCUT2D eigenvalue weighted by atomic mass is 32.1. The maximum absolute atomic E-state index is 13.3. The fraction of sp³-hybridized carbons (Fsp3) is 0.391. The molecule has 0 bridgehead atoms. The zero-order valence-corrected chi connectivity index (χ0v) is 17.5. The van der Waals surface area contributed by atoms with Gasteiger partial charge in [-0.15, -0.1) is 17.9 Å². The van der Waals surface area contributed by atoms with Crippen LogP contribution in [0.2, 0.25) is 0 Å². The molecule has 0 spiro atoms. The number of nitrogens with zero attached hydrogens (tertiary/aromatic N) is 2. The van der Waals surface area contributed by atoms with Gasteiger partial charge in [0.15, 0.2) is 0 Å². The summed E-state index contributed by atoms with van der Waals surface area (Å²) in [5, 5.41) is 2.11. The van der Waals surface area contributed by atoms with Crippen LogP contribution in [-0.4, -0.2) is 41.2 Å². The molecule has 2 heterocycles. The van der Waals surface area contributed by atoms with Gasteiger partial charge in [-0.25, -0.2) is 0 Å². The van der Waals surface area contributed by atoms with E-state index in [0.717, 1.165) is 18.4 Å². The van der Waals surface area contributed by atoms with Crippen LogP contribution in [-0.2, 0) is 16.0 Å². The number of thiophene rings is 1. The van der Waals surface area contributed by atoms with Gasteiger partial charge in [0, 0.05) is 24.4 Å². The highest BCUT2D eigenvalue weighted by Crippen LogP contribution is 2.38. The zero-order chi connectivity index (χ0) is 20.1. The van der Waals surface area contributed by atoms with Gasteiger partial charge in [-0.3, -0.25) is 9.59 Å². The normalized spacial score (nSPS) is 15.8. The number of hydrogen-bond donors (Lipinski definition) is 0. The first-order chi connectivity index (χ1) is 13.6. The van der Waals surface area contributed by atoms with Crippen LogP contribution in [0, 0.1) is 6.92 Å². The molecule has 4 nitrogen and oxygen atoms in total. The van der Waals surface area contributed by atoms with Crippen LogP contribution < -0.4 is 0 Å². The Bertz CT molecular complexity index is 858. The molecule has 0 radical (unpaired) electrons. The van der Waals surface area contributed by atoms with Crippen LogP contribution in [0.15, 0.2) is 48.4 Å². The predicted octanol–water partition coefficient (Wildman–Crippen LogP) is 4.35. The second-order valence-electron chi connectivity index (χ2n) is 7.21. The van der Waals surface area contributed by atoms with E-state index in [1.165, 1.54) is 16.0 Å². The molecular weight excluding hydrogens is 368 g/mol. The van der Waals surface area contributed by atoms with Crippen LogP contribution in [0.4, 0.5) is 0 Å². The number of carbonyl (C=O) groups is 2. The maximum Gasteiger partial charge on any atom is 0.243 e. The number of amides is 2. The largest absolute Gasteiger partial charge is 0.330 e. The zero-order valence-electron chi connectivity index (χ0n) is 16.7. The first-order valence-electron chi connectivity index (χ1n) is 9.86. The van der Waals surface area contributed by atoms with Gasteiger partial charge in [-0.05, 0) is 47.9 Å². The second kappa shape index (κ2) is 9.20. The Morgan fingerprint density at radius 1 is 1.29 bits per heavy atom. The van der Waals surface area contributed by atoms with Gasteiger partial charge in [0.25, 0.3) is 0 Å². The minimum absolute atomic E-state index is 0.00333. The molecular formula is C23H28N2O2S. The van der Waals surface area contributed by atoms with Crippen molar-refractivity contribution in [2.45, 2.75) is 39.2 Å². The summed E-state index contributed by atoms with van der Waals surface area (Å²) in [6, 6.07) is 10.3. The topological polar surface area (TPSA) is 40.6 Å². The van der Waals surface area contributed by atoms with E-state index in [4.69, 9.17) is 0 Å². The Kier molecular flexibility index (Phi) is 6.68. The van der Waals surface area contributed by atoms with Crippen molar-refractivity contribution < 1.29 is 9.59 Å². The lowest BCUT2D eigenvalue weighted by Crippen LogP contribution is -2.46. The summed E-state index contributed by atoms with van der Waals surface area (Å²) < 4.78 is 0. The first-order valence-corrected chi connectivity index (χ1v) is 10.7. The molecule has 2 amide bonds. The molecule has 0 N–H and O–H groups in total. The van der Waals surface area contributed by atoms with E-state index in [-0.39, 0.29) is 24.4 Å².